The van der Waals surface area contributed by atoms with Gasteiger partial charge in [-0.05, 0) is 41.0 Å². The smallest absolute Gasteiger partial charge is 0.251 e. The second-order valence-electron chi connectivity index (χ2n) is 5.12. The Morgan fingerprint density at radius 2 is 1.90 bits per heavy atom. The Morgan fingerprint density at radius 3 is 2.67 bits per heavy atom. The van der Waals surface area contributed by atoms with Gasteiger partial charge in [-0.15, -0.1) is 0 Å². The highest BCUT2D eigenvalue weighted by atomic mass is 16.5. The van der Waals surface area contributed by atoms with Gasteiger partial charge in [-0.2, -0.15) is 0 Å². The van der Waals surface area contributed by atoms with Gasteiger partial charge in [0.2, 0.25) is 0 Å². The predicted molar refractivity (Wildman–Crippen MR) is 81.1 cm³/mol. The first-order chi connectivity index (χ1) is 10.3. The van der Waals surface area contributed by atoms with Crippen LogP contribution in [0.5, 0.6) is 5.75 Å². The SMILES string of the molecule is COc1ccc(C(=O)NCc2ccc3c(c2)CNC3)cc1. The number of hydrogen-bond donors (Lipinski definition) is 2. The van der Waals surface area contributed by atoms with Crippen molar-refractivity contribution in [2.75, 3.05) is 7.11 Å². The number of amides is 1. The third-order valence-electron chi connectivity index (χ3n) is 3.71. The van der Waals surface area contributed by atoms with Crippen LogP contribution < -0.4 is 15.4 Å². The average Bonchev–Trinajstić information content (AvgIpc) is 3.00. The summed E-state index contributed by atoms with van der Waals surface area (Å²) in [7, 11) is 1.61. The van der Waals surface area contributed by atoms with E-state index in [1.807, 2.05) is 0 Å². The molecule has 4 nitrogen and oxygen atoms in total. The standard InChI is InChI=1S/C17H18N2O2/c1-21-16-6-4-13(5-7-16)17(20)19-9-12-2-3-14-10-18-11-15(14)8-12/h2-8,18H,9-11H2,1H3,(H,19,20). The molecule has 0 unspecified atom stereocenters. The molecule has 0 spiro atoms. The molecule has 21 heavy (non-hydrogen) atoms. The molecule has 0 saturated heterocycles. The molecular formula is C17H18N2O2. The maximum Gasteiger partial charge on any atom is 0.251 e. The Kier molecular flexibility index (Phi) is 3.88. The van der Waals surface area contributed by atoms with Crippen LogP contribution in [0.3, 0.4) is 0 Å². The number of rotatable bonds is 4. The minimum absolute atomic E-state index is 0.0729. The largest absolute Gasteiger partial charge is 0.497 e. The molecule has 0 saturated carbocycles. The van der Waals surface area contributed by atoms with Crippen molar-refractivity contribution in [3.05, 3.63) is 64.7 Å². The zero-order valence-corrected chi connectivity index (χ0v) is 12.0. The minimum Gasteiger partial charge on any atom is -0.497 e. The van der Waals surface area contributed by atoms with Crippen LogP contribution in [0, 0.1) is 0 Å². The Bertz CT molecular complexity index is 650. The fraction of sp³-hybridized carbons (Fsp3) is 0.235. The number of fused-ring (bicyclic) bond motifs is 1. The van der Waals surface area contributed by atoms with Crippen LogP contribution in [0.1, 0.15) is 27.0 Å². The summed E-state index contributed by atoms with van der Waals surface area (Å²) in [5.41, 5.74) is 4.43. The minimum atomic E-state index is -0.0729. The van der Waals surface area contributed by atoms with Crippen molar-refractivity contribution in [1.82, 2.24) is 10.6 Å². The molecule has 1 heterocycles. The summed E-state index contributed by atoms with van der Waals surface area (Å²) in [6, 6.07) is 13.5. The van der Waals surface area contributed by atoms with E-state index in [0.29, 0.717) is 12.1 Å². The van der Waals surface area contributed by atoms with Crippen LogP contribution in [0.2, 0.25) is 0 Å². The highest BCUT2D eigenvalue weighted by Gasteiger charge is 2.11. The van der Waals surface area contributed by atoms with Crippen molar-refractivity contribution < 1.29 is 9.53 Å². The maximum absolute atomic E-state index is 12.1. The molecular weight excluding hydrogens is 264 g/mol. The summed E-state index contributed by atoms with van der Waals surface area (Å²) in [4.78, 5) is 12.1. The van der Waals surface area contributed by atoms with Crippen LogP contribution >= 0.6 is 0 Å². The molecule has 4 heteroatoms. The molecule has 0 radical (unpaired) electrons. The Hall–Kier alpha value is -2.33. The Morgan fingerprint density at radius 1 is 1.14 bits per heavy atom. The third kappa shape index (κ3) is 3.06. The average molecular weight is 282 g/mol. The first-order valence-corrected chi connectivity index (χ1v) is 7.00. The van der Waals surface area contributed by atoms with E-state index >= 15 is 0 Å². The van der Waals surface area contributed by atoms with Crippen molar-refractivity contribution in [1.29, 1.82) is 0 Å². The molecule has 0 aliphatic carbocycles. The van der Waals surface area contributed by atoms with Crippen molar-refractivity contribution in [3.63, 3.8) is 0 Å². The summed E-state index contributed by atoms with van der Waals surface area (Å²) in [6.07, 6.45) is 0. The van der Waals surface area contributed by atoms with Gasteiger partial charge >= 0.3 is 0 Å². The molecule has 0 fully saturated rings. The molecule has 108 valence electrons. The predicted octanol–water partition coefficient (Wildman–Crippen LogP) is 2.23. The number of hydrogen-bond acceptors (Lipinski definition) is 3. The number of carbonyl (C=O) groups excluding carboxylic acids is 1. The summed E-state index contributed by atoms with van der Waals surface area (Å²) in [6.45, 7) is 2.39. The fourth-order valence-corrected chi connectivity index (χ4v) is 2.48. The van der Waals surface area contributed by atoms with E-state index in [1.165, 1.54) is 11.1 Å². The van der Waals surface area contributed by atoms with Crippen LogP contribution in [0.15, 0.2) is 42.5 Å². The van der Waals surface area contributed by atoms with Gasteiger partial charge in [-0.25, -0.2) is 0 Å². The lowest BCUT2D eigenvalue weighted by Crippen LogP contribution is -2.22. The van der Waals surface area contributed by atoms with E-state index in [-0.39, 0.29) is 5.91 Å². The third-order valence-corrected chi connectivity index (χ3v) is 3.71. The van der Waals surface area contributed by atoms with Gasteiger partial charge in [-0.1, -0.05) is 18.2 Å². The van der Waals surface area contributed by atoms with E-state index in [9.17, 15) is 4.79 Å². The quantitative estimate of drug-likeness (QED) is 0.904. The van der Waals surface area contributed by atoms with Crippen molar-refractivity contribution >= 4 is 5.91 Å². The van der Waals surface area contributed by atoms with Gasteiger partial charge in [0, 0.05) is 25.2 Å². The van der Waals surface area contributed by atoms with Crippen LogP contribution in [0.4, 0.5) is 0 Å². The molecule has 2 aromatic rings. The first-order valence-electron chi connectivity index (χ1n) is 7.00. The normalized spacial score (nSPS) is 12.8. The summed E-state index contributed by atoms with van der Waals surface area (Å²) >= 11 is 0. The van der Waals surface area contributed by atoms with Crippen LogP contribution in [-0.4, -0.2) is 13.0 Å². The first kappa shape index (κ1) is 13.6. The molecule has 1 aliphatic heterocycles. The highest BCUT2D eigenvalue weighted by Crippen LogP contribution is 2.17. The zero-order chi connectivity index (χ0) is 14.7. The van der Waals surface area contributed by atoms with E-state index in [2.05, 4.69) is 28.8 Å². The van der Waals surface area contributed by atoms with Crippen LogP contribution in [0.25, 0.3) is 0 Å². The molecule has 0 bridgehead atoms. The van der Waals surface area contributed by atoms with Crippen molar-refractivity contribution in [3.8, 4) is 5.75 Å². The molecule has 2 N–H and O–H groups in total. The summed E-state index contributed by atoms with van der Waals surface area (Å²) in [5, 5.41) is 6.26. The van der Waals surface area contributed by atoms with E-state index < -0.39 is 0 Å². The number of methoxy groups -OCH3 is 1. The van der Waals surface area contributed by atoms with Gasteiger partial charge in [0.25, 0.3) is 5.91 Å². The fourth-order valence-electron chi connectivity index (χ4n) is 2.48. The molecule has 0 aromatic heterocycles. The van der Waals surface area contributed by atoms with Gasteiger partial charge in [0.1, 0.15) is 5.75 Å². The molecule has 0 atom stereocenters. The second kappa shape index (κ2) is 5.97. The van der Waals surface area contributed by atoms with E-state index in [0.717, 1.165) is 24.4 Å². The Labute approximate surface area is 124 Å². The lowest BCUT2D eigenvalue weighted by molar-refractivity contribution is 0.0951. The lowest BCUT2D eigenvalue weighted by atomic mass is 10.1. The highest BCUT2D eigenvalue weighted by molar-refractivity contribution is 5.94. The number of ether oxygens (including phenoxy) is 1. The van der Waals surface area contributed by atoms with Crippen molar-refractivity contribution in [2.24, 2.45) is 0 Å². The summed E-state index contributed by atoms with van der Waals surface area (Å²) in [5.74, 6) is 0.675. The molecule has 2 aromatic carbocycles. The van der Waals surface area contributed by atoms with Gasteiger partial charge in [0.05, 0.1) is 7.11 Å². The van der Waals surface area contributed by atoms with E-state index in [4.69, 9.17) is 4.74 Å². The van der Waals surface area contributed by atoms with Gasteiger partial charge in [0.15, 0.2) is 0 Å². The number of carbonyl (C=O) groups is 1. The van der Waals surface area contributed by atoms with Crippen LogP contribution in [-0.2, 0) is 19.6 Å². The second-order valence-corrected chi connectivity index (χ2v) is 5.12. The number of nitrogens with one attached hydrogen (secondary N) is 2. The van der Waals surface area contributed by atoms with Gasteiger partial charge in [-0.3, -0.25) is 4.79 Å². The maximum atomic E-state index is 12.1. The molecule has 1 aliphatic rings. The van der Waals surface area contributed by atoms with Crippen molar-refractivity contribution in [2.45, 2.75) is 19.6 Å². The topological polar surface area (TPSA) is 50.4 Å². The monoisotopic (exact) mass is 282 g/mol. The van der Waals surface area contributed by atoms with E-state index in [1.54, 1.807) is 31.4 Å². The molecule has 1 amide bonds. The summed E-state index contributed by atoms with van der Waals surface area (Å²) < 4.78 is 5.08. The Balaban J connectivity index is 1.62. The molecule has 3 rings (SSSR count). The lowest BCUT2D eigenvalue weighted by Gasteiger charge is -2.08. The zero-order valence-electron chi connectivity index (χ0n) is 12.0. The van der Waals surface area contributed by atoms with Gasteiger partial charge < -0.3 is 15.4 Å². The number of benzene rings is 2.